The highest BCUT2D eigenvalue weighted by molar-refractivity contribution is 5.88. The summed E-state index contributed by atoms with van der Waals surface area (Å²) in [7, 11) is 2.60. The van der Waals surface area contributed by atoms with E-state index in [9.17, 15) is 9.59 Å². The van der Waals surface area contributed by atoms with Gasteiger partial charge in [0, 0.05) is 23.1 Å². The number of carbonyl (C=O) groups excluding carboxylic acids is 2. The van der Waals surface area contributed by atoms with Crippen LogP contribution in [0.15, 0.2) is 24.3 Å². The summed E-state index contributed by atoms with van der Waals surface area (Å²) >= 11 is 0. The summed E-state index contributed by atoms with van der Waals surface area (Å²) in [5.41, 5.74) is 3.08. The molecule has 0 aliphatic carbocycles. The number of H-pyrrole nitrogens is 1. The van der Waals surface area contributed by atoms with Crippen molar-refractivity contribution in [1.82, 2.24) is 10.0 Å². The van der Waals surface area contributed by atoms with Crippen LogP contribution >= 0.6 is 0 Å². The minimum Gasteiger partial charge on any atom is -0.469 e. The molecule has 0 radical (unpaired) electrons. The average molecular weight is 330 g/mol. The number of hydroxylamine groups is 2. The summed E-state index contributed by atoms with van der Waals surface area (Å²) in [6, 6.07) is 7.61. The summed E-state index contributed by atoms with van der Waals surface area (Å²) < 4.78 is 9.73. The summed E-state index contributed by atoms with van der Waals surface area (Å²) in [6.45, 7) is 0.598. The first-order valence-electron chi connectivity index (χ1n) is 7.84. The van der Waals surface area contributed by atoms with Crippen molar-refractivity contribution in [3.05, 3.63) is 35.5 Å². The second-order valence-electron chi connectivity index (χ2n) is 6.00. The Balaban J connectivity index is 1.84. The van der Waals surface area contributed by atoms with E-state index in [1.165, 1.54) is 14.2 Å². The van der Waals surface area contributed by atoms with Gasteiger partial charge in [-0.3, -0.25) is 9.63 Å². The van der Waals surface area contributed by atoms with Crippen molar-refractivity contribution in [3.63, 3.8) is 0 Å². The van der Waals surface area contributed by atoms with Gasteiger partial charge in [0.1, 0.15) is 5.92 Å². The van der Waals surface area contributed by atoms with Crippen molar-refractivity contribution in [1.29, 1.82) is 0 Å². The van der Waals surface area contributed by atoms with E-state index in [0.29, 0.717) is 6.54 Å². The third kappa shape index (κ3) is 2.05. The van der Waals surface area contributed by atoms with E-state index >= 15 is 0 Å². The van der Waals surface area contributed by atoms with Crippen LogP contribution in [0.2, 0.25) is 0 Å². The zero-order valence-corrected chi connectivity index (χ0v) is 13.4. The Bertz CT molecular complexity index is 814. The molecule has 1 fully saturated rings. The number of para-hydroxylation sites is 1. The molecular weight excluding hydrogens is 312 g/mol. The first-order valence-corrected chi connectivity index (χ1v) is 7.84. The molecule has 3 heterocycles. The van der Waals surface area contributed by atoms with Crippen LogP contribution < -0.4 is 0 Å². The molecule has 24 heavy (non-hydrogen) atoms. The monoisotopic (exact) mass is 330 g/mol. The third-order valence-electron chi connectivity index (χ3n) is 4.86. The molecule has 0 saturated carbocycles. The van der Waals surface area contributed by atoms with Crippen molar-refractivity contribution < 1.29 is 23.9 Å². The maximum absolute atomic E-state index is 12.4. The van der Waals surface area contributed by atoms with E-state index < -0.39 is 30.0 Å². The molecule has 0 unspecified atom stereocenters. The molecule has 0 bridgehead atoms. The van der Waals surface area contributed by atoms with E-state index in [0.717, 1.165) is 28.6 Å². The largest absolute Gasteiger partial charge is 0.469 e. The van der Waals surface area contributed by atoms with Gasteiger partial charge < -0.3 is 14.5 Å². The van der Waals surface area contributed by atoms with Crippen LogP contribution in [0.4, 0.5) is 0 Å². The van der Waals surface area contributed by atoms with Gasteiger partial charge in [-0.15, -0.1) is 0 Å². The lowest BCUT2D eigenvalue weighted by atomic mass is 9.87. The number of esters is 2. The first-order chi connectivity index (χ1) is 11.7. The molecule has 1 aromatic heterocycles. The molecule has 1 saturated heterocycles. The fourth-order valence-corrected chi connectivity index (χ4v) is 3.80. The van der Waals surface area contributed by atoms with Crippen LogP contribution in [0.5, 0.6) is 0 Å². The highest BCUT2D eigenvalue weighted by Crippen LogP contribution is 2.45. The van der Waals surface area contributed by atoms with Gasteiger partial charge in [0.25, 0.3) is 0 Å². The van der Waals surface area contributed by atoms with E-state index in [1.54, 1.807) is 5.06 Å². The van der Waals surface area contributed by atoms with Gasteiger partial charge in [-0.05, 0) is 18.1 Å². The number of benzene rings is 1. The van der Waals surface area contributed by atoms with Crippen molar-refractivity contribution in [3.8, 4) is 0 Å². The molecule has 7 nitrogen and oxygen atoms in total. The normalized spacial score (nSPS) is 26.0. The Morgan fingerprint density at radius 2 is 1.96 bits per heavy atom. The highest BCUT2D eigenvalue weighted by Gasteiger charge is 2.55. The summed E-state index contributed by atoms with van der Waals surface area (Å²) in [4.78, 5) is 33.6. The molecule has 2 aromatic rings. The van der Waals surface area contributed by atoms with Gasteiger partial charge in [0.2, 0.25) is 0 Å². The van der Waals surface area contributed by atoms with E-state index in [1.807, 2.05) is 18.2 Å². The molecule has 0 amide bonds. The molecule has 1 aromatic carbocycles. The molecule has 3 atom stereocenters. The van der Waals surface area contributed by atoms with Crippen molar-refractivity contribution >= 4 is 22.8 Å². The molecule has 2 aliphatic rings. The number of nitrogens with one attached hydrogen (secondary N) is 1. The zero-order valence-electron chi connectivity index (χ0n) is 13.4. The van der Waals surface area contributed by atoms with Gasteiger partial charge in [-0.25, -0.2) is 4.79 Å². The average Bonchev–Trinajstić information content (AvgIpc) is 3.18. The van der Waals surface area contributed by atoms with Crippen molar-refractivity contribution in [2.45, 2.75) is 18.6 Å². The summed E-state index contributed by atoms with van der Waals surface area (Å²) in [5, 5.41) is 2.83. The Kier molecular flexibility index (Phi) is 3.54. The lowest BCUT2D eigenvalue weighted by molar-refractivity contribution is -0.190. The summed E-state index contributed by atoms with van der Waals surface area (Å²) in [5.74, 6) is -1.82. The van der Waals surface area contributed by atoms with Gasteiger partial charge in [0.05, 0.1) is 20.3 Å². The second kappa shape index (κ2) is 5.61. The van der Waals surface area contributed by atoms with Gasteiger partial charge in [-0.2, -0.15) is 5.06 Å². The smallest absolute Gasteiger partial charge is 0.338 e. The first kappa shape index (κ1) is 15.2. The number of aromatic amines is 1. The van der Waals surface area contributed by atoms with E-state index in [4.69, 9.17) is 14.3 Å². The van der Waals surface area contributed by atoms with Crippen LogP contribution in [0.25, 0.3) is 10.9 Å². The lowest BCUT2D eigenvalue weighted by Crippen LogP contribution is -2.37. The molecule has 1 N–H and O–H groups in total. The molecule has 126 valence electrons. The number of hydrogen-bond acceptors (Lipinski definition) is 6. The van der Waals surface area contributed by atoms with Crippen molar-refractivity contribution in [2.75, 3.05) is 20.8 Å². The second-order valence-corrected chi connectivity index (χ2v) is 6.00. The number of ether oxygens (including phenoxy) is 2. The maximum Gasteiger partial charge on any atom is 0.338 e. The molecule has 2 aliphatic heterocycles. The molecule has 7 heteroatoms. The predicted molar refractivity (Wildman–Crippen MR) is 83.8 cm³/mol. The quantitative estimate of drug-likeness (QED) is 0.837. The van der Waals surface area contributed by atoms with E-state index in [2.05, 4.69) is 11.1 Å². The van der Waals surface area contributed by atoms with Crippen LogP contribution in [0, 0.1) is 5.92 Å². The Morgan fingerprint density at radius 3 is 2.71 bits per heavy atom. The highest BCUT2D eigenvalue weighted by atomic mass is 16.7. The SMILES string of the molecule is COC(=O)[C@H]1[C@H]2c3[nH]c4ccccc4c3CCN2O[C@H]1C(=O)OC. The number of aromatic nitrogens is 1. The molecule has 0 spiro atoms. The van der Waals surface area contributed by atoms with Crippen molar-refractivity contribution in [2.24, 2.45) is 5.92 Å². The van der Waals surface area contributed by atoms with Gasteiger partial charge in [0.15, 0.2) is 6.10 Å². The number of nitrogens with zero attached hydrogens (tertiary/aromatic N) is 1. The maximum atomic E-state index is 12.4. The van der Waals surface area contributed by atoms with Crippen LogP contribution in [0.3, 0.4) is 0 Å². The number of fused-ring (bicyclic) bond motifs is 5. The minimum absolute atomic E-state index is 0.391. The zero-order chi connectivity index (χ0) is 16.8. The fourth-order valence-electron chi connectivity index (χ4n) is 3.80. The van der Waals surface area contributed by atoms with Crippen LogP contribution in [-0.4, -0.2) is 48.9 Å². The number of carbonyl (C=O) groups is 2. The topological polar surface area (TPSA) is 80.9 Å². The Labute approximate surface area is 138 Å². The fraction of sp³-hybridized carbons (Fsp3) is 0.412. The standard InChI is InChI=1S/C17H18N2O5/c1-22-16(20)12-14-13-10(9-5-3-4-6-11(9)18-13)7-8-19(14)24-15(12)17(21)23-2/h3-6,12,14-15,18H,7-8H2,1-2H3/t12-,14-,15+/m0/s1. The Morgan fingerprint density at radius 1 is 1.21 bits per heavy atom. The summed E-state index contributed by atoms with van der Waals surface area (Å²) in [6.07, 6.45) is -0.220. The predicted octanol–water partition coefficient (Wildman–Crippen LogP) is 1.34. The van der Waals surface area contributed by atoms with Crippen LogP contribution in [-0.2, 0) is 30.3 Å². The third-order valence-corrected chi connectivity index (χ3v) is 4.86. The molecule has 4 rings (SSSR count). The minimum atomic E-state index is -0.996. The Hall–Kier alpha value is -2.38. The van der Waals surface area contributed by atoms with Gasteiger partial charge >= 0.3 is 11.9 Å². The number of hydrogen-bond donors (Lipinski definition) is 1. The lowest BCUT2D eigenvalue weighted by Gasteiger charge is -2.29. The van der Waals surface area contributed by atoms with E-state index in [-0.39, 0.29) is 0 Å². The number of methoxy groups -OCH3 is 2. The number of rotatable bonds is 2. The molecular formula is C17H18N2O5. The van der Waals surface area contributed by atoms with Gasteiger partial charge in [-0.1, -0.05) is 18.2 Å². The van der Waals surface area contributed by atoms with Crippen LogP contribution in [0.1, 0.15) is 17.3 Å².